The molecule has 66 heavy (non-hydrogen) atoms. The molecule has 5 aliphatic rings. The number of hydrogen-bond acceptors (Lipinski definition) is 13. The zero-order valence-corrected chi connectivity index (χ0v) is 40.8. The molecule has 3 saturated carbocycles. The SMILES string of the molecule is C=C[C@@H]1C[C@]1(CC(=O)[C@@H]1C[C@@H]2CN1C(=O)[C@H](C(C)(C)C)CC(=O)O[C@@H]1C[C@H]1CCCCCc1c(nc3ccccc3c1OCCCN(CCOC)CCOC)O2)C(=O)NS(=O)(=O)C1(C)CC1. The normalized spacial score (nSPS) is 27.7. The predicted molar refractivity (Wildman–Crippen MR) is 249 cm³/mol. The zero-order chi connectivity index (χ0) is 47.4. The van der Waals surface area contributed by atoms with E-state index in [0.717, 1.165) is 69.1 Å². The van der Waals surface area contributed by atoms with Gasteiger partial charge in [-0.3, -0.25) is 28.8 Å². The van der Waals surface area contributed by atoms with Gasteiger partial charge in [0.1, 0.15) is 18.0 Å². The van der Waals surface area contributed by atoms with Gasteiger partial charge in [-0.05, 0) is 87.7 Å². The molecular formula is C50H72N4O11S. The topological polar surface area (TPSA) is 180 Å². The highest BCUT2D eigenvalue weighted by Crippen LogP contribution is 2.57. The molecule has 364 valence electrons. The second-order valence-electron chi connectivity index (χ2n) is 20.7. The largest absolute Gasteiger partial charge is 0.492 e. The summed E-state index contributed by atoms with van der Waals surface area (Å²) in [5.41, 5.74) is -0.492. The van der Waals surface area contributed by atoms with Crippen LogP contribution in [0.5, 0.6) is 11.6 Å². The summed E-state index contributed by atoms with van der Waals surface area (Å²) < 4.78 is 58.1. The van der Waals surface area contributed by atoms with Gasteiger partial charge in [-0.1, -0.05) is 51.8 Å². The van der Waals surface area contributed by atoms with Crippen LogP contribution in [0.2, 0.25) is 0 Å². The van der Waals surface area contributed by atoms with E-state index in [2.05, 4.69) is 16.2 Å². The number of ketones is 1. The Balaban J connectivity index is 1.21. The van der Waals surface area contributed by atoms with Crippen molar-refractivity contribution in [1.29, 1.82) is 0 Å². The predicted octanol–water partition coefficient (Wildman–Crippen LogP) is 6.20. The highest BCUT2D eigenvalue weighted by Gasteiger charge is 2.62. The average molecular weight is 937 g/mol. The summed E-state index contributed by atoms with van der Waals surface area (Å²) in [6.07, 6.45) is 7.37. The Morgan fingerprint density at radius 1 is 1.02 bits per heavy atom. The van der Waals surface area contributed by atoms with E-state index < -0.39 is 61.5 Å². The van der Waals surface area contributed by atoms with E-state index >= 15 is 4.79 Å². The Morgan fingerprint density at radius 3 is 2.41 bits per heavy atom. The van der Waals surface area contributed by atoms with Gasteiger partial charge in [-0.25, -0.2) is 13.4 Å². The number of carbonyl (C=O) groups excluding carboxylic acids is 4. The summed E-state index contributed by atoms with van der Waals surface area (Å²) in [4.78, 5) is 66.2. The molecule has 7 atom stereocenters. The van der Waals surface area contributed by atoms with Crippen molar-refractivity contribution in [3.05, 3.63) is 42.5 Å². The number of carbonyl (C=O) groups is 4. The minimum Gasteiger partial charge on any atom is -0.492 e. The number of allylic oxidation sites excluding steroid dienone is 1. The van der Waals surface area contributed by atoms with Gasteiger partial charge in [0.2, 0.25) is 27.7 Å². The third-order valence-corrected chi connectivity index (χ3v) is 16.9. The fourth-order valence-corrected chi connectivity index (χ4v) is 11.2. The van der Waals surface area contributed by atoms with Crippen LogP contribution in [0.1, 0.15) is 110 Å². The number of ether oxygens (including phenoxy) is 5. The quantitative estimate of drug-likeness (QED) is 0.102. The smallest absolute Gasteiger partial charge is 0.306 e. The van der Waals surface area contributed by atoms with Crippen molar-refractivity contribution >= 4 is 44.5 Å². The molecule has 3 aliphatic carbocycles. The number of rotatable bonds is 18. The number of nitrogens with zero attached hydrogens (tertiary/aromatic N) is 3. The first-order valence-electron chi connectivity index (χ1n) is 24.1. The van der Waals surface area contributed by atoms with Gasteiger partial charge in [0, 0.05) is 52.1 Å². The van der Waals surface area contributed by atoms with E-state index in [4.69, 9.17) is 28.7 Å². The Bertz CT molecular complexity index is 2220. The van der Waals surface area contributed by atoms with Gasteiger partial charge >= 0.3 is 5.97 Å². The minimum absolute atomic E-state index is 0.0291. The lowest BCUT2D eigenvalue weighted by atomic mass is 9.77. The number of sulfonamides is 1. The maximum absolute atomic E-state index is 15.0. The average Bonchev–Trinajstić information content (AvgIpc) is 4.24. The van der Waals surface area contributed by atoms with Crippen LogP contribution in [0, 0.1) is 28.6 Å². The molecule has 1 aromatic heterocycles. The maximum Gasteiger partial charge on any atom is 0.306 e. The van der Waals surface area contributed by atoms with Crippen LogP contribution in [-0.2, 0) is 49.8 Å². The molecule has 1 N–H and O–H groups in total. The fourth-order valence-electron chi connectivity index (χ4n) is 9.82. The molecular weight excluding hydrogens is 865 g/mol. The lowest BCUT2D eigenvalue weighted by molar-refractivity contribution is -0.154. The van der Waals surface area contributed by atoms with Crippen molar-refractivity contribution in [2.45, 2.75) is 134 Å². The van der Waals surface area contributed by atoms with Gasteiger partial charge in [0.25, 0.3) is 0 Å². The van der Waals surface area contributed by atoms with E-state index in [1.165, 1.54) is 4.90 Å². The summed E-state index contributed by atoms with van der Waals surface area (Å²) >= 11 is 0. The summed E-state index contributed by atoms with van der Waals surface area (Å²) in [6.45, 7) is 15.2. The van der Waals surface area contributed by atoms with Gasteiger partial charge in [-0.15, -0.1) is 6.58 Å². The Kier molecular flexibility index (Phi) is 15.6. The molecule has 0 unspecified atom stereocenters. The number of aromatic nitrogens is 1. The van der Waals surface area contributed by atoms with Crippen LogP contribution in [-0.4, -0.2) is 130 Å². The lowest BCUT2D eigenvalue weighted by Gasteiger charge is -2.34. The highest BCUT2D eigenvalue weighted by molar-refractivity contribution is 7.91. The van der Waals surface area contributed by atoms with E-state index in [0.29, 0.717) is 56.2 Å². The number of amides is 2. The summed E-state index contributed by atoms with van der Waals surface area (Å²) in [7, 11) is -0.586. The number of nitrogens with one attached hydrogen (secondary N) is 1. The first-order valence-corrected chi connectivity index (χ1v) is 25.5. The second-order valence-corrected chi connectivity index (χ2v) is 22.9. The van der Waals surface area contributed by atoms with Gasteiger partial charge in [0.05, 0.1) is 66.0 Å². The third-order valence-electron chi connectivity index (χ3n) is 14.7. The molecule has 0 spiro atoms. The van der Waals surface area contributed by atoms with Gasteiger partial charge in [0.15, 0.2) is 5.78 Å². The van der Waals surface area contributed by atoms with Gasteiger partial charge < -0.3 is 28.6 Å². The molecule has 2 aromatic rings. The van der Waals surface area contributed by atoms with Crippen LogP contribution in [0.25, 0.3) is 10.9 Å². The van der Waals surface area contributed by atoms with Crippen LogP contribution < -0.4 is 14.2 Å². The zero-order valence-electron chi connectivity index (χ0n) is 39.9. The first kappa shape index (κ1) is 49.8. The maximum atomic E-state index is 15.0. The molecule has 2 bridgehead atoms. The number of methoxy groups -OCH3 is 2. The van der Waals surface area contributed by atoms with Crippen molar-refractivity contribution < 1.29 is 51.3 Å². The van der Waals surface area contributed by atoms with Crippen LogP contribution in [0.15, 0.2) is 36.9 Å². The van der Waals surface area contributed by atoms with Crippen molar-refractivity contribution in [3.63, 3.8) is 0 Å². The Morgan fingerprint density at radius 2 is 1.74 bits per heavy atom. The van der Waals surface area contributed by atoms with Crippen LogP contribution in [0.3, 0.4) is 0 Å². The van der Waals surface area contributed by atoms with E-state index in [1.807, 2.05) is 45.0 Å². The number of benzene rings is 1. The standard InChI is InChI=1S/C50H72N4O11S/c1-8-34-30-50(34,47(58)52-66(59,60)49(5)19-20-49)31-41(55)40-28-35-32-54(40)46(57)38(48(2,3)4)29-43(56)65-42-27-33(42)15-10-9-11-17-37-44(36-16-12-13-18-39(36)51-45(37)64-35)63-24-14-21-53(22-25-61-6)23-26-62-7/h8,12-13,16,18,33-35,38,40,42H,1,9-11,14-15,17,19-32H2,2-7H3,(H,52,58)/t33-,34-,35-,38-,40+,42-,50-/m1/s1. The summed E-state index contributed by atoms with van der Waals surface area (Å²) in [6, 6.07) is 6.79. The molecule has 1 saturated heterocycles. The molecule has 1 aromatic carbocycles. The number of fused-ring (bicyclic) bond motifs is 5. The number of Topliss-reactive ketones (excluding diaryl/α,β-unsaturated/α-hetero) is 1. The Hall–Kier alpha value is -4.12. The monoisotopic (exact) mass is 936 g/mol. The summed E-state index contributed by atoms with van der Waals surface area (Å²) in [5, 5.41) is 0.868. The van der Waals surface area contributed by atoms with Gasteiger partial charge in [-0.2, -0.15) is 0 Å². The number of hydrogen-bond donors (Lipinski definition) is 1. The van der Waals surface area contributed by atoms with E-state index in [1.54, 1.807) is 27.2 Å². The van der Waals surface area contributed by atoms with Crippen molar-refractivity contribution in [1.82, 2.24) is 19.5 Å². The molecule has 4 fully saturated rings. The number of esters is 1. The minimum atomic E-state index is -3.98. The molecule has 2 amide bonds. The van der Waals surface area contributed by atoms with E-state index in [9.17, 15) is 22.8 Å². The number of para-hydroxylation sites is 1. The third kappa shape index (κ3) is 11.4. The van der Waals surface area contributed by atoms with E-state index in [-0.39, 0.29) is 55.9 Å². The van der Waals surface area contributed by atoms with Crippen molar-refractivity contribution in [2.75, 3.05) is 60.2 Å². The van der Waals surface area contributed by atoms with Crippen molar-refractivity contribution in [3.8, 4) is 11.6 Å². The molecule has 15 nitrogen and oxygen atoms in total. The Labute approximate surface area is 391 Å². The molecule has 3 heterocycles. The molecule has 0 radical (unpaired) electrons. The number of pyridine rings is 1. The lowest BCUT2D eigenvalue weighted by Crippen LogP contribution is -2.49. The molecule has 7 rings (SSSR count). The fraction of sp³-hybridized carbons (Fsp3) is 0.700. The summed E-state index contributed by atoms with van der Waals surface area (Å²) in [5.74, 6) is -1.80. The van der Waals surface area contributed by atoms with Crippen molar-refractivity contribution in [2.24, 2.45) is 28.6 Å². The molecule has 16 heteroatoms. The highest BCUT2D eigenvalue weighted by atomic mass is 32.2. The molecule has 2 aliphatic heterocycles. The van der Waals surface area contributed by atoms with Crippen LogP contribution >= 0.6 is 0 Å². The van der Waals surface area contributed by atoms with Crippen LogP contribution in [0.4, 0.5) is 0 Å². The second kappa shape index (κ2) is 20.6. The first-order chi connectivity index (χ1) is 31.4.